The van der Waals surface area contributed by atoms with Crippen molar-refractivity contribution in [2.24, 2.45) is 5.73 Å². The van der Waals surface area contributed by atoms with Crippen LogP contribution in [0.2, 0.25) is 0 Å². The van der Waals surface area contributed by atoms with Crippen LogP contribution in [-0.2, 0) is 6.54 Å². The van der Waals surface area contributed by atoms with Gasteiger partial charge < -0.3 is 11.1 Å². The number of hydrogen-bond donors (Lipinski definition) is 2. The van der Waals surface area contributed by atoms with E-state index in [1.807, 2.05) is 24.3 Å². The lowest BCUT2D eigenvalue weighted by Crippen LogP contribution is -2.24. The van der Waals surface area contributed by atoms with Crippen LogP contribution in [0.1, 0.15) is 21.6 Å². The highest BCUT2D eigenvalue weighted by Gasteiger charge is 2.06. The van der Waals surface area contributed by atoms with Gasteiger partial charge in [-0.1, -0.05) is 30.4 Å². The van der Waals surface area contributed by atoms with Crippen molar-refractivity contribution in [3.05, 3.63) is 59.7 Å². The third-order valence-electron chi connectivity index (χ3n) is 2.46. The smallest absolute Gasteiger partial charge is 0.271 e. The molecule has 2 rings (SSSR count). The summed E-state index contributed by atoms with van der Waals surface area (Å²) in [6.07, 6.45) is 4.41. The van der Waals surface area contributed by atoms with E-state index in [2.05, 4.69) is 15.3 Å². The van der Waals surface area contributed by atoms with Crippen LogP contribution in [0.5, 0.6) is 0 Å². The highest BCUT2D eigenvalue weighted by Crippen LogP contribution is 2.05. The van der Waals surface area contributed by atoms with Crippen molar-refractivity contribution in [2.75, 3.05) is 0 Å². The fourth-order valence-electron chi connectivity index (χ4n) is 1.52. The molecule has 1 heterocycles. The minimum absolute atomic E-state index is 0.270. The van der Waals surface area contributed by atoms with Crippen molar-refractivity contribution >= 4 is 23.1 Å². The molecule has 6 heteroatoms. The molecule has 0 saturated carbocycles. The van der Waals surface area contributed by atoms with Crippen LogP contribution in [0.15, 0.2) is 42.9 Å². The first-order valence-electron chi connectivity index (χ1n) is 5.60. The van der Waals surface area contributed by atoms with Crippen LogP contribution in [0.4, 0.5) is 0 Å². The fourth-order valence-corrected chi connectivity index (χ4v) is 1.65. The van der Waals surface area contributed by atoms with Gasteiger partial charge in [0.05, 0.1) is 6.20 Å². The van der Waals surface area contributed by atoms with Gasteiger partial charge >= 0.3 is 0 Å². The molecule has 96 valence electrons. The number of hydrogen-bond acceptors (Lipinski definition) is 4. The Morgan fingerprint density at radius 1 is 1.37 bits per heavy atom. The Bertz CT molecular complexity index is 601. The van der Waals surface area contributed by atoms with Gasteiger partial charge in [0.15, 0.2) is 0 Å². The molecule has 3 N–H and O–H groups in total. The topological polar surface area (TPSA) is 80.9 Å². The second-order valence-electron chi connectivity index (χ2n) is 3.84. The molecule has 0 radical (unpaired) electrons. The zero-order valence-electron chi connectivity index (χ0n) is 10.0. The molecule has 19 heavy (non-hydrogen) atoms. The maximum absolute atomic E-state index is 11.8. The lowest BCUT2D eigenvalue weighted by Gasteiger charge is -2.06. The molecule has 0 unspecified atom stereocenters. The molecular formula is C13H12N4OS. The molecule has 1 aromatic carbocycles. The molecule has 1 aromatic heterocycles. The number of nitrogens with two attached hydrogens (primary N) is 1. The molecular weight excluding hydrogens is 260 g/mol. The number of carbonyl (C=O) groups is 1. The van der Waals surface area contributed by atoms with Crippen LogP contribution in [0.25, 0.3) is 0 Å². The van der Waals surface area contributed by atoms with Crippen LogP contribution >= 0.6 is 12.2 Å². The highest BCUT2D eigenvalue weighted by molar-refractivity contribution is 7.80. The number of nitrogens with one attached hydrogen (secondary N) is 1. The number of nitrogens with zero attached hydrogens (tertiary/aromatic N) is 2. The SMILES string of the molecule is NC(=S)c1cccc(CNC(=O)c2cnccn2)c1. The summed E-state index contributed by atoms with van der Waals surface area (Å²) < 4.78 is 0. The van der Waals surface area contributed by atoms with Crippen molar-refractivity contribution in [3.8, 4) is 0 Å². The van der Waals surface area contributed by atoms with Crippen molar-refractivity contribution in [1.29, 1.82) is 0 Å². The largest absolute Gasteiger partial charge is 0.389 e. The molecule has 0 aliphatic rings. The van der Waals surface area contributed by atoms with Gasteiger partial charge in [-0.05, 0) is 11.6 Å². The first kappa shape index (κ1) is 13.1. The Hall–Kier alpha value is -2.34. The van der Waals surface area contributed by atoms with Crippen molar-refractivity contribution < 1.29 is 4.79 Å². The van der Waals surface area contributed by atoms with Gasteiger partial charge in [0.25, 0.3) is 5.91 Å². The van der Waals surface area contributed by atoms with E-state index < -0.39 is 0 Å². The van der Waals surface area contributed by atoms with Crippen LogP contribution < -0.4 is 11.1 Å². The summed E-state index contributed by atoms with van der Waals surface area (Å²) in [7, 11) is 0. The van der Waals surface area contributed by atoms with Gasteiger partial charge in [0, 0.05) is 24.5 Å². The monoisotopic (exact) mass is 272 g/mol. The van der Waals surface area contributed by atoms with E-state index in [0.29, 0.717) is 11.5 Å². The normalized spacial score (nSPS) is 9.89. The lowest BCUT2D eigenvalue weighted by molar-refractivity contribution is 0.0945. The quantitative estimate of drug-likeness (QED) is 0.813. The third kappa shape index (κ3) is 3.56. The zero-order chi connectivity index (χ0) is 13.7. The molecule has 0 spiro atoms. The summed E-state index contributed by atoms with van der Waals surface area (Å²) in [5, 5.41) is 2.76. The Balaban J connectivity index is 2.01. The molecule has 0 atom stereocenters. The number of aromatic nitrogens is 2. The standard InChI is InChI=1S/C13H12N4OS/c14-12(19)10-3-1-2-9(6-10)7-17-13(18)11-8-15-4-5-16-11/h1-6,8H,7H2,(H2,14,19)(H,17,18). The van der Waals surface area contributed by atoms with Gasteiger partial charge in [0.2, 0.25) is 0 Å². The van der Waals surface area contributed by atoms with E-state index in [4.69, 9.17) is 18.0 Å². The van der Waals surface area contributed by atoms with Crippen LogP contribution in [0.3, 0.4) is 0 Å². The Kier molecular flexibility index (Phi) is 4.15. The number of carbonyl (C=O) groups excluding carboxylic acids is 1. The highest BCUT2D eigenvalue weighted by atomic mass is 32.1. The summed E-state index contributed by atoms with van der Waals surface area (Å²) in [5.74, 6) is -0.270. The maximum atomic E-state index is 11.8. The number of rotatable bonds is 4. The van der Waals surface area contributed by atoms with Gasteiger partial charge in [-0.3, -0.25) is 9.78 Å². The number of amides is 1. The first-order chi connectivity index (χ1) is 9.16. The Morgan fingerprint density at radius 2 is 2.21 bits per heavy atom. The van der Waals surface area contributed by atoms with Gasteiger partial charge in [-0.15, -0.1) is 0 Å². The summed E-state index contributed by atoms with van der Waals surface area (Å²) >= 11 is 4.91. The number of thiocarbonyl (C=S) groups is 1. The van der Waals surface area contributed by atoms with E-state index in [1.54, 1.807) is 0 Å². The summed E-state index contributed by atoms with van der Waals surface area (Å²) in [4.78, 5) is 19.9. The van der Waals surface area contributed by atoms with E-state index in [0.717, 1.165) is 11.1 Å². The van der Waals surface area contributed by atoms with Crippen LogP contribution in [-0.4, -0.2) is 20.9 Å². The third-order valence-corrected chi connectivity index (χ3v) is 2.70. The predicted molar refractivity (Wildman–Crippen MR) is 75.5 cm³/mol. The van der Waals surface area contributed by atoms with Crippen molar-refractivity contribution in [2.45, 2.75) is 6.54 Å². The molecule has 2 aromatic rings. The minimum atomic E-state index is -0.270. The predicted octanol–water partition coefficient (Wildman–Crippen LogP) is 1.04. The molecule has 0 fully saturated rings. The maximum Gasteiger partial charge on any atom is 0.271 e. The minimum Gasteiger partial charge on any atom is -0.389 e. The van der Waals surface area contributed by atoms with E-state index >= 15 is 0 Å². The second-order valence-corrected chi connectivity index (χ2v) is 4.28. The first-order valence-corrected chi connectivity index (χ1v) is 6.00. The van der Waals surface area contributed by atoms with Gasteiger partial charge in [-0.25, -0.2) is 4.98 Å². The lowest BCUT2D eigenvalue weighted by atomic mass is 10.1. The fraction of sp³-hybridized carbons (Fsp3) is 0.0769. The van der Waals surface area contributed by atoms with E-state index in [1.165, 1.54) is 18.6 Å². The van der Waals surface area contributed by atoms with Gasteiger partial charge in [-0.2, -0.15) is 0 Å². The van der Waals surface area contributed by atoms with E-state index in [9.17, 15) is 4.79 Å². The molecule has 0 bridgehead atoms. The zero-order valence-corrected chi connectivity index (χ0v) is 10.9. The molecule has 1 amide bonds. The molecule has 5 nitrogen and oxygen atoms in total. The van der Waals surface area contributed by atoms with Crippen LogP contribution in [0, 0.1) is 0 Å². The average molecular weight is 272 g/mol. The molecule has 0 saturated heterocycles. The number of benzene rings is 1. The molecule has 0 aliphatic carbocycles. The summed E-state index contributed by atoms with van der Waals surface area (Å²) in [5.41, 5.74) is 7.54. The van der Waals surface area contributed by atoms with Gasteiger partial charge in [0.1, 0.15) is 10.7 Å². The second kappa shape index (κ2) is 6.01. The van der Waals surface area contributed by atoms with Crippen molar-refractivity contribution in [3.63, 3.8) is 0 Å². The Labute approximate surface area is 115 Å². The molecule has 0 aliphatic heterocycles. The Morgan fingerprint density at radius 3 is 2.89 bits per heavy atom. The summed E-state index contributed by atoms with van der Waals surface area (Å²) in [6, 6.07) is 7.41. The van der Waals surface area contributed by atoms with Crippen molar-refractivity contribution in [1.82, 2.24) is 15.3 Å². The summed E-state index contributed by atoms with van der Waals surface area (Å²) in [6.45, 7) is 0.381. The average Bonchev–Trinajstić information content (AvgIpc) is 2.46. The van der Waals surface area contributed by atoms with E-state index in [-0.39, 0.29) is 11.6 Å².